The number of guanidine groups is 1. The Kier molecular flexibility index (Phi) is 8.39. The molecule has 1 unspecified atom stereocenters. The van der Waals surface area contributed by atoms with Crippen molar-refractivity contribution in [3.8, 4) is 5.75 Å². The van der Waals surface area contributed by atoms with E-state index in [0.717, 1.165) is 37.5 Å². The minimum absolute atomic E-state index is 0. The Morgan fingerprint density at radius 1 is 1.29 bits per heavy atom. The van der Waals surface area contributed by atoms with Crippen molar-refractivity contribution in [1.82, 2.24) is 15.5 Å². The first-order chi connectivity index (χ1) is 13.0. The van der Waals surface area contributed by atoms with Gasteiger partial charge in [0.25, 0.3) is 0 Å². The Balaban J connectivity index is 0.00000280. The van der Waals surface area contributed by atoms with Crippen LogP contribution in [0.15, 0.2) is 29.3 Å². The Morgan fingerprint density at radius 2 is 2.00 bits per heavy atom. The third kappa shape index (κ3) is 5.52. The fourth-order valence-corrected chi connectivity index (χ4v) is 4.04. The number of carbonyl (C=O) groups excluding carboxylic acids is 1. The number of para-hydroxylation sites is 1. The van der Waals surface area contributed by atoms with Crippen LogP contribution in [0.25, 0.3) is 0 Å². The number of hydrogen-bond acceptors (Lipinski definition) is 3. The van der Waals surface area contributed by atoms with E-state index in [0.29, 0.717) is 13.0 Å². The van der Waals surface area contributed by atoms with E-state index in [1.165, 1.54) is 18.4 Å². The molecule has 0 bridgehead atoms. The maximum Gasteiger partial charge on any atom is 0.223 e. The van der Waals surface area contributed by atoms with Crippen LogP contribution < -0.4 is 15.4 Å². The van der Waals surface area contributed by atoms with Crippen LogP contribution in [0.2, 0.25) is 0 Å². The van der Waals surface area contributed by atoms with Gasteiger partial charge >= 0.3 is 0 Å². The third-order valence-corrected chi connectivity index (χ3v) is 5.46. The van der Waals surface area contributed by atoms with Crippen LogP contribution in [-0.4, -0.2) is 49.6 Å². The topological polar surface area (TPSA) is 66.0 Å². The molecule has 0 radical (unpaired) electrons. The molecular weight excluding hydrogens is 467 g/mol. The molecule has 2 aliphatic rings. The molecule has 3 rings (SSSR count). The van der Waals surface area contributed by atoms with Crippen LogP contribution in [-0.2, 0) is 4.79 Å². The largest absolute Gasteiger partial charge is 0.487 e. The number of nitrogens with one attached hydrogen (secondary N) is 2. The molecule has 1 atom stereocenters. The molecule has 1 fully saturated rings. The third-order valence-electron chi connectivity index (χ3n) is 5.46. The van der Waals surface area contributed by atoms with Gasteiger partial charge in [-0.3, -0.25) is 9.79 Å². The molecule has 1 aromatic rings. The molecule has 1 heterocycles. The summed E-state index contributed by atoms with van der Waals surface area (Å²) in [7, 11) is 3.55. The van der Waals surface area contributed by atoms with E-state index in [1.54, 1.807) is 19.0 Å². The summed E-state index contributed by atoms with van der Waals surface area (Å²) in [4.78, 5) is 18.0. The first-order valence-corrected chi connectivity index (χ1v) is 10.1. The summed E-state index contributed by atoms with van der Waals surface area (Å²) in [5, 5.41) is 6.92. The number of nitrogens with zero attached hydrogens (tertiary/aromatic N) is 2. The zero-order chi connectivity index (χ0) is 19.3. The van der Waals surface area contributed by atoms with Crippen LogP contribution in [0.1, 0.15) is 57.1 Å². The van der Waals surface area contributed by atoms with Gasteiger partial charge in [-0.2, -0.15) is 0 Å². The second kappa shape index (κ2) is 10.3. The number of halogens is 1. The minimum Gasteiger partial charge on any atom is -0.487 e. The lowest BCUT2D eigenvalue weighted by Crippen LogP contribution is -2.46. The van der Waals surface area contributed by atoms with Gasteiger partial charge in [0.15, 0.2) is 5.96 Å². The van der Waals surface area contributed by atoms with Crippen LogP contribution in [0.3, 0.4) is 0 Å². The fourth-order valence-electron chi connectivity index (χ4n) is 4.04. The highest BCUT2D eigenvalue weighted by Gasteiger charge is 2.43. The summed E-state index contributed by atoms with van der Waals surface area (Å²) in [6.45, 7) is 3.31. The zero-order valence-electron chi connectivity index (χ0n) is 17.2. The molecule has 1 saturated carbocycles. The molecule has 1 amide bonds. The van der Waals surface area contributed by atoms with E-state index < -0.39 is 0 Å². The van der Waals surface area contributed by atoms with Gasteiger partial charge in [-0.05, 0) is 38.7 Å². The van der Waals surface area contributed by atoms with Gasteiger partial charge in [0.1, 0.15) is 11.4 Å². The maximum atomic E-state index is 11.8. The number of benzene rings is 1. The molecular formula is C21H33IN4O2. The highest BCUT2D eigenvalue weighted by molar-refractivity contribution is 14.0. The number of amides is 1. The van der Waals surface area contributed by atoms with Crippen molar-refractivity contribution in [2.45, 2.75) is 57.1 Å². The Labute approximate surface area is 185 Å². The smallest absolute Gasteiger partial charge is 0.223 e. The summed E-state index contributed by atoms with van der Waals surface area (Å²) in [5.74, 6) is 1.84. The number of carbonyl (C=O) groups is 1. The van der Waals surface area contributed by atoms with Gasteiger partial charge in [0.05, 0.1) is 12.6 Å². The van der Waals surface area contributed by atoms with Crippen molar-refractivity contribution in [3.63, 3.8) is 0 Å². The molecule has 6 nitrogen and oxygen atoms in total. The summed E-state index contributed by atoms with van der Waals surface area (Å²) >= 11 is 0. The van der Waals surface area contributed by atoms with Gasteiger partial charge in [-0.15, -0.1) is 24.0 Å². The zero-order valence-corrected chi connectivity index (χ0v) is 19.5. The first kappa shape index (κ1) is 22.8. The lowest BCUT2D eigenvalue weighted by Gasteiger charge is -2.40. The molecule has 28 heavy (non-hydrogen) atoms. The second-order valence-corrected chi connectivity index (χ2v) is 7.73. The molecule has 0 saturated heterocycles. The van der Waals surface area contributed by atoms with E-state index in [-0.39, 0.29) is 41.5 Å². The van der Waals surface area contributed by atoms with Crippen LogP contribution in [0, 0.1) is 0 Å². The van der Waals surface area contributed by atoms with Gasteiger partial charge in [-0.1, -0.05) is 18.2 Å². The first-order valence-electron chi connectivity index (χ1n) is 10.1. The van der Waals surface area contributed by atoms with Crippen LogP contribution in [0.5, 0.6) is 5.75 Å². The van der Waals surface area contributed by atoms with Crippen molar-refractivity contribution >= 4 is 35.8 Å². The highest BCUT2D eigenvalue weighted by Crippen LogP contribution is 2.46. The van der Waals surface area contributed by atoms with Gasteiger partial charge in [-0.25, -0.2) is 0 Å². The number of hydrogen-bond donors (Lipinski definition) is 2. The predicted octanol–water partition coefficient (Wildman–Crippen LogP) is 3.47. The van der Waals surface area contributed by atoms with Gasteiger partial charge < -0.3 is 20.3 Å². The standard InChI is InChI=1S/C21H32N4O2.HI/c1-4-22-20(23-14-11-19(26)25(2)3)24-17-15-21(12-7-8-13-21)27-18-10-6-5-9-16(17)18;/h5-6,9-10,17H,4,7-8,11-15H2,1-3H3,(H2,22,23,24);1H. The summed E-state index contributed by atoms with van der Waals surface area (Å²) < 4.78 is 6.44. The highest BCUT2D eigenvalue weighted by atomic mass is 127. The maximum absolute atomic E-state index is 11.8. The normalized spacial score (nSPS) is 20.0. The average Bonchev–Trinajstić information content (AvgIpc) is 3.09. The fraction of sp³-hybridized carbons (Fsp3) is 0.619. The lowest BCUT2D eigenvalue weighted by molar-refractivity contribution is -0.128. The second-order valence-electron chi connectivity index (χ2n) is 7.73. The number of ether oxygens (including phenoxy) is 1. The van der Waals surface area contributed by atoms with Crippen LogP contribution >= 0.6 is 24.0 Å². The summed E-state index contributed by atoms with van der Waals surface area (Å²) in [5.41, 5.74) is 1.13. The van der Waals surface area contributed by atoms with Crippen molar-refractivity contribution in [1.29, 1.82) is 0 Å². The molecule has 0 aromatic heterocycles. The molecule has 1 aromatic carbocycles. The Bertz CT molecular complexity index is 687. The van der Waals surface area contributed by atoms with E-state index in [4.69, 9.17) is 4.74 Å². The average molecular weight is 500 g/mol. The molecule has 1 aliphatic heterocycles. The van der Waals surface area contributed by atoms with Crippen LogP contribution in [0.4, 0.5) is 0 Å². The lowest BCUT2D eigenvalue weighted by atomic mass is 9.86. The van der Waals surface area contributed by atoms with Gasteiger partial charge in [0, 0.05) is 39.0 Å². The van der Waals surface area contributed by atoms with E-state index in [2.05, 4.69) is 40.7 Å². The Morgan fingerprint density at radius 3 is 2.68 bits per heavy atom. The number of aliphatic imine (C=N–C) groups is 1. The number of rotatable bonds is 5. The van der Waals surface area contributed by atoms with E-state index >= 15 is 0 Å². The van der Waals surface area contributed by atoms with E-state index in [9.17, 15) is 4.79 Å². The minimum atomic E-state index is -0.0514. The summed E-state index contributed by atoms with van der Waals surface area (Å²) in [6, 6.07) is 8.46. The predicted molar refractivity (Wildman–Crippen MR) is 123 cm³/mol. The molecule has 2 N–H and O–H groups in total. The quantitative estimate of drug-likeness (QED) is 0.369. The van der Waals surface area contributed by atoms with Crippen molar-refractivity contribution in [2.75, 3.05) is 27.2 Å². The van der Waals surface area contributed by atoms with E-state index in [1.807, 2.05) is 6.07 Å². The Hall–Kier alpha value is -1.51. The molecule has 1 aliphatic carbocycles. The van der Waals surface area contributed by atoms with Gasteiger partial charge in [0.2, 0.25) is 5.91 Å². The summed E-state index contributed by atoms with van der Waals surface area (Å²) in [6.07, 6.45) is 6.06. The molecule has 156 valence electrons. The molecule has 1 spiro atoms. The molecule has 7 heteroatoms. The van der Waals surface area contributed by atoms with Crippen molar-refractivity contribution in [3.05, 3.63) is 29.8 Å². The van der Waals surface area contributed by atoms with Crippen molar-refractivity contribution in [2.24, 2.45) is 4.99 Å². The van der Waals surface area contributed by atoms with Crippen molar-refractivity contribution < 1.29 is 9.53 Å². The SMILES string of the molecule is CCNC(=NCCC(=O)N(C)C)NC1CC2(CCCC2)Oc2ccccc21.I. The number of fused-ring (bicyclic) bond motifs is 1. The monoisotopic (exact) mass is 500 g/mol.